The smallest absolute Gasteiger partial charge is 0.253 e. The first-order valence-corrected chi connectivity index (χ1v) is 13.1. The molecule has 2 N–H and O–H groups in total. The van der Waals surface area contributed by atoms with Crippen molar-refractivity contribution >= 4 is 39.9 Å². The maximum Gasteiger partial charge on any atom is 0.253 e. The highest BCUT2D eigenvalue weighted by Gasteiger charge is 2.39. The molecule has 2 aliphatic rings. The minimum Gasteiger partial charge on any atom is -0.383 e. The number of halogens is 1. The van der Waals surface area contributed by atoms with Gasteiger partial charge in [-0.25, -0.2) is 9.97 Å². The molecule has 35 heavy (non-hydrogen) atoms. The maximum atomic E-state index is 12.9. The van der Waals surface area contributed by atoms with E-state index in [0.717, 1.165) is 83.2 Å². The lowest BCUT2D eigenvalue weighted by Gasteiger charge is -2.34. The molecule has 7 nitrogen and oxygen atoms in total. The topological polar surface area (TPSA) is 85.3 Å². The fourth-order valence-corrected chi connectivity index (χ4v) is 6.21. The van der Waals surface area contributed by atoms with Crippen LogP contribution in [0.25, 0.3) is 32.7 Å². The van der Waals surface area contributed by atoms with Gasteiger partial charge in [-0.15, -0.1) is 11.3 Å². The molecule has 0 unspecified atom stereocenters. The van der Waals surface area contributed by atoms with E-state index in [1.807, 2.05) is 35.2 Å². The van der Waals surface area contributed by atoms with Gasteiger partial charge >= 0.3 is 0 Å². The van der Waals surface area contributed by atoms with Crippen LogP contribution >= 0.6 is 22.9 Å². The molecule has 0 radical (unpaired) electrons. The summed E-state index contributed by atoms with van der Waals surface area (Å²) in [6.07, 6.45) is 5.96. The number of piperazine rings is 1. The van der Waals surface area contributed by atoms with E-state index in [1.165, 1.54) is 11.3 Å². The molecule has 2 fully saturated rings. The predicted octanol–water partition coefficient (Wildman–Crippen LogP) is 4.77. The number of rotatable bonds is 4. The summed E-state index contributed by atoms with van der Waals surface area (Å²) in [5, 5.41) is 12.9. The number of fused-ring (bicyclic) bond motifs is 1. The highest BCUT2D eigenvalue weighted by atomic mass is 35.5. The SMILES string of the molecule is CN1CCN(C(=O)c2ccc(-c3cc4c(-c5cnc(C6(O)CCC6)s5)c(Cl)cnc4[nH]3)cc2)CC1. The zero-order valence-electron chi connectivity index (χ0n) is 19.4. The third-order valence-electron chi connectivity index (χ3n) is 7.18. The quantitative estimate of drug-likeness (QED) is 0.416. The van der Waals surface area contributed by atoms with E-state index in [4.69, 9.17) is 11.6 Å². The third-order valence-corrected chi connectivity index (χ3v) is 8.67. The van der Waals surface area contributed by atoms with Crippen LogP contribution in [0.3, 0.4) is 0 Å². The molecule has 0 bridgehead atoms. The van der Waals surface area contributed by atoms with Crippen LogP contribution in [-0.2, 0) is 5.60 Å². The zero-order chi connectivity index (χ0) is 24.2. The van der Waals surface area contributed by atoms with Gasteiger partial charge in [0.15, 0.2) is 0 Å². The number of carbonyl (C=O) groups is 1. The Morgan fingerprint density at radius 2 is 1.86 bits per heavy atom. The number of pyridine rings is 1. The van der Waals surface area contributed by atoms with E-state index in [9.17, 15) is 9.90 Å². The molecule has 1 saturated carbocycles. The zero-order valence-corrected chi connectivity index (χ0v) is 21.0. The summed E-state index contributed by atoms with van der Waals surface area (Å²) in [5.74, 6) is 0.0751. The Labute approximate surface area is 212 Å². The number of aromatic nitrogens is 3. The number of nitrogens with zero attached hydrogens (tertiary/aromatic N) is 4. The second-order valence-electron chi connectivity index (χ2n) is 9.51. The van der Waals surface area contributed by atoms with Gasteiger partial charge < -0.3 is 19.9 Å². The summed E-state index contributed by atoms with van der Waals surface area (Å²) in [4.78, 5) is 30.3. The molecule has 6 rings (SSSR count). The number of likely N-dealkylation sites (N-methyl/N-ethyl adjacent to an activating group) is 1. The standard InChI is InChI=1S/C26H26ClN5O2S/c1-31-9-11-32(12-10-31)24(33)17-5-3-16(4-6-17)20-13-18-22(19(27)14-28-23(18)30-20)21-15-29-25(35-21)26(34)7-2-8-26/h3-6,13-15,34H,2,7-12H2,1H3,(H,28,30). The normalized spacial score (nSPS) is 18.1. The molecule has 1 amide bonds. The number of aliphatic hydroxyl groups is 1. The molecule has 0 atom stereocenters. The van der Waals surface area contributed by atoms with Gasteiger partial charge in [-0.3, -0.25) is 4.79 Å². The molecule has 1 aromatic carbocycles. The summed E-state index contributed by atoms with van der Waals surface area (Å²) >= 11 is 8.09. The maximum absolute atomic E-state index is 12.9. The van der Waals surface area contributed by atoms with Gasteiger partial charge in [-0.05, 0) is 50.1 Å². The lowest BCUT2D eigenvalue weighted by Crippen LogP contribution is -2.47. The summed E-state index contributed by atoms with van der Waals surface area (Å²) in [5.41, 5.74) is 3.36. The summed E-state index contributed by atoms with van der Waals surface area (Å²) in [6, 6.07) is 9.74. The second-order valence-corrected chi connectivity index (χ2v) is 11.0. The summed E-state index contributed by atoms with van der Waals surface area (Å²) in [6.45, 7) is 3.31. The average Bonchev–Trinajstić information content (AvgIpc) is 3.51. The number of thiazole rings is 1. The first kappa shape index (κ1) is 22.7. The first-order valence-electron chi connectivity index (χ1n) is 11.9. The number of aromatic amines is 1. The van der Waals surface area contributed by atoms with Gasteiger partial charge in [0.1, 0.15) is 16.3 Å². The molecule has 1 saturated heterocycles. The van der Waals surface area contributed by atoms with Gasteiger partial charge in [0, 0.05) is 60.8 Å². The van der Waals surface area contributed by atoms with E-state index in [1.54, 1.807) is 12.4 Å². The molecule has 4 aromatic rings. The van der Waals surface area contributed by atoms with Crippen molar-refractivity contribution in [2.45, 2.75) is 24.9 Å². The summed E-state index contributed by atoms with van der Waals surface area (Å²) < 4.78 is 0. The van der Waals surface area contributed by atoms with Crippen LogP contribution in [-0.4, -0.2) is 69.0 Å². The molecule has 4 heterocycles. The Kier molecular flexibility index (Phi) is 5.64. The lowest BCUT2D eigenvalue weighted by atomic mass is 9.81. The Balaban J connectivity index is 1.30. The van der Waals surface area contributed by atoms with Gasteiger partial charge in [-0.1, -0.05) is 23.7 Å². The van der Waals surface area contributed by atoms with Crippen LogP contribution in [0.4, 0.5) is 0 Å². The fraction of sp³-hybridized carbons (Fsp3) is 0.346. The predicted molar refractivity (Wildman–Crippen MR) is 139 cm³/mol. The molecular formula is C26H26ClN5O2S. The van der Waals surface area contributed by atoms with E-state index in [-0.39, 0.29) is 5.91 Å². The number of hydrogen-bond donors (Lipinski definition) is 2. The van der Waals surface area contributed by atoms with E-state index in [0.29, 0.717) is 10.6 Å². The molecule has 1 aliphatic heterocycles. The number of benzene rings is 1. The second kappa shape index (κ2) is 8.71. The summed E-state index contributed by atoms with van der Waals surface area (Å²) in [7, 11) is 2.08. The molecule has 9 heteroatoms. The fourth-order valence-electron chi connectivity index (χ4n) is 4.77. The van der Waals surface area contributed by atoms with Gasteiger partial charge in [-0.2, -0.15) is 0 Å². The molecule has 0 spiro atoms. The van der Waals surface area contributed by atoms with Crippen LogP contribution in [0.2, 0.25) is 5.02 Å². The van der Waals surface area contributed by atoms with Crippen LogP contribution in [0.1, 0.15) is 34.6 Å². The molecule has 180 valence electrons. The van der Waals surface area contributed by atoms with Crippen molar-refractivity contribution in [1.82, 2.24) is 24.8 Å². The highest BCUT2D eigenvalue weighted by molar-refractivity contribution is 7.15. The highest BCUT2D eigenvalue weighted by Crippen LogP contribution is 2.46. The van der Waals surface area contributed by atoms with Gasteiger partial charge in [0.25, 0.3) is 5.91 Å². The first-order chi connectivity index (χ1) is 16.9. The number of carbonyl (C=O) groups excluding carboxylic acids is 1. The minimum absolute atomic E-state index is 0.0751. The van der Waals surface area contributed by atoms with Crippen molar-refractivity contribution in [2.24, 2.45) is 0 Å². The Bertz CT molecular complexity index is 1400. The largest absolute Gasteiger partial charge is 0.383 e. The Morgan fingerprint density at radius 3 is 2.54 bits per heavy atom. The number of H-pyrrole nitrogens is 1. The molecular weight excluding hydrogens is 482 g/mol. The number of hydrogen-bond acceptors (Lipinski definition) is 6. The van der Waals surface area contributed by atoms with Gasteiger partial charge in [0.2, 0.25) is 0 Å². The lowest BCUT2D eigenvalue weighted by molar-refractivity contribution is -0.0389. The minimum atomic E-state index is -0.797. The van der Waals surface area contributed by atoms with Crippen molar-refractivity contribution in [3.8, 4) is 21.7 Å². The van der Waals surface area contributed by atoms with E-state index >= 15 is 0 Å². The molecule has 1 aliphatic carbocycles. The van der Waals surface area contributed by atoms with Crippen LogP contribution in [0.5, 0.6) is 0 Å². The Hall–Kier alpha value is -2.78. The third kappa shape index (κ3) is 4.04. The van der Waals surface area contributed by atoms with Crippen molar-refractivity contribution in [3.63, 3.8) is 0 Å². The monoisotopic (exact) mass is 507 g/mol. The van der Waals surface area contributed by atoms with Crippen LogP contribution in [0.15, 0.2) is 42.7 Å². The van der Waals surface area contributed by atoms with Crippen molar-refractivity contribution < 1.29 is 9.90 Å². The van der Waals surface area contributed by atoms with Crippen LogP contribution in [0, 0.1) is 0 Å². The Morgan fingerprint density at radius 1 is 1.11 bits per heavy atom. The van der Waals surface area contributed by atoms with Crippen molar-refractivity contribution in [1.29, 1.82) is 0 Å². The van der Waals surface area contributed by atoms with E-state index in [2.05, 4.69) is 26.9 Å². The van der Waals surface area contributed by atoms with Crippen LogP contribution < -0.4 is 0 Å². The van der Waals surface area contributed by atoms with Crippen molar-refractivity contribution in [2.75, 3.05) is 33.2 Å². The molecule has 3 aromatic heterocycles. The number of nitrogens with one attached hydrogen (secondary N) is 1. The van der Waals surface area contributed by atoms with Gasteiger partial charge in [0.05, 0.1) is 9.90 Å². The van der Waals surface area contributed by atoms with Crippen molar-refractivity contribution in [3.05, 3.63) is 58.3 Å². The average molecular weight is 508 g/mol. The number of amides is 1. The van der Waals surface area contributed by atoms with E-state index < -0.39 is 5.60 Å².